The van der Waals surface area contributed by atoms with Gasteiger partial charge in [-0.25, -0.2) is 28.5 Å². The summed E-state index contributed by atoms with van der Waals surface area (Å²) >= 11 is 6.02. The van der Waals surface area contributed by atoms with Crippen LogP contribution in [0.4, 0.5) is 11.6 Å². The summed E-state index contributed by atoms with van der Waals surface area (Å²) in [6, 6.07) is 1.83. The van der Waals surface area contributed by atoms with Crippen molar-refractivity contribution < 1.29 is 75.0 Å². The highest BCUT2D eigenvalue weighted by molar-refractivity contribution is 7.71. The van der Waals surface area contributed by atoms with E-state index in [1.54, 1.807) is 0 Å². The molecule has 23 nitrogen and oxygen atoms in total. The monoisotopic (exact) mass is 759 g/mol. The van der Waals surface area contributed by atoms with Gasteiger partial charge in [0, 0.05) is 5.38 Å². The molecule has 0 radical (unpaired) electrons. The molecule has 2 aliphatic heterocycles. The van der Waals surface area contributed by atoms with Gasteiger partial charge in [-0.2, -0.15) is 13.9 Å². The Hall–Kier alpha value is -3.01. The maximum absolute atomic E-state index is 13.3. The number of nitrogen functional groups attached to an aromatic ring is 1. The molecule has 7 atom stereocenters. The fourth-order valence-corrected chi connectivity index (χ4v) is 8.57. The van der Waals surface area contributed by atoms with Gasteiger partial charge < -0.3 is 54.6 Å². The summed E-state index contributed by atoms with van der Waals surface area (Å²) in [6.07, 6.45) is -5.72. The first-order valence-corrected chi connectivity index (χ1v) is 18.1. The lowest BCUT2D eigenvalue weighted by Crippen LogP contribution is -2.34. The highest BCUT2D eigenvalue weighted by atomic mass is 32.1. The van der Waals surface area contributed by atoms with Crippen molar-refractivity contribution in [3.05, 3.63) is 26.8 Å². The lowest BCUT2D eigenvalue weighted by molar-refractivity contribution is -0.166. The molecule has 2 saturated heterocycles. The molecule has 254 valence electrons. The number of carbonyl (C=O) groups excluding carboxylic acids is 2. The minimum atomic E-state index is -5.83. The van der Waals surface area contributed by atoms with Gasteiger partial charge in [0.2, 0.25) is 6.29 Å². The number of hydrogen-bond acceptors (Lipinski definition) is 18. The molecule has 5 rings (SSSR count). The van der Waals surface area contributed by atoms with Crippen LogP contribution in [0.1, 0.15) is 21.5 Å². The van der Waals surface area contributed by atoms with Crippen molar-refractivity contribution >= 4 is 81.7 Å². The molecule has 1 amide bonds. The molecule has 0 saturated carbocycles. The van der Waals surface area contributed by atoms with Crippen LogP contribution < -0.4 is 11.1 Å². The molecule has 47 heavy (non-hydrogen) atoms. The first kappa shape index (κ1) is 35.3. The second kappa shape index (κ2) is 13.1. The van der Waals surface area contributed by atoms with Crippen molar-refractivity contribution in [2.24, 2.45) is 0 Å². The second-order valence-corrected chi connectivity index (χ2v) is 14.9. The van der Waals surface area contributed by atoms with Crippen LogP contribution in [0.3, 0.4) is 0 Å². The number of phosphoric ester groups is 1. The number of aromatic amines is 1. The van der Waals surface area contributed by atoms with Crippen molar-refractivity contribution in [3.8, 4) is 6.07 Å². The van der Waals surface area contributed by atoms with E-state index in [4.69, 9.17) is 46.5 Å². The summed E-state index contributed by atoms with van der Waals surface area (Å²) < 4.78 is 70.7. The fraction of sp³-hybridized carbons (Fsp3) is 0.368. The highest BCUT2D eigenvalue weighted by Gasteiger charge is 2.56. The van der Waals surface area contributed by atoms with Crippen LogP contribution in [-0.4, -0.2) is 89.3 Å². The number of aromatic nitrogens is 4. The number of nitriles is 1. The first-order chi connectivity index (χ1) is 21.9. The van der Waals surface area contributed by atoms with Gasteiger partial charge in [0.15, 0.2) is 16.8 Å². The lowest BCUT2D eigenvalue weighted by atomic mass is 10.1. The quantitative estimate of drug-likeness (QED) is 0.0806. The minimum absolute atomic E-state index is 0.0140. The largest absolute Gasteiger partial charge is 0.490 e. The van der Waals surface area contributed by atoms with E-state index < -0.39 is 72.8 Å². The number of nitrogens with two attached hydrogens (primary N) is 1. The van der Waals surface area contributed by atoms with E-state index in [2.05, 4.69) is 33.6 Å². The Bertz CT molecular complexity index is 1990. The van der Waals surface area contributed by atoms with Crippen LogP contribution in [0.2, 0.25) is 0 Å². The van der Waals surface area contributed by atoms with Gasteiger partial charge in [-0.3, -0.25) is 13.9 Å². The summed E-state index contributed by atoms with van der Waals surface area (Å²) in [5, 5.41) is 13.1. The number of methoxy groups -OCH3 is 1. The summed E-state index contributed by atoms with van der Waals surface area (Å²) in [6.45, 7) is -0.971. The van der Waals surface area contributed by atoms with Crippen molar-refractivity contribution in [3.63, 3.8) is 0 Å². The van der Waals surface area contributed by atoms with Crippen molar-refractivity contribution in [2.75, 3.05) is 24.8 Å². The third-order valence-corrected chi connectivity index (χ3v) is 11.2. The molecule has 0 bridgehead atoms. The van der Waals surface area contributed by atoms with E-state index in [9.17, 15) is 38.3 Å². The molecule has 0 aromatic carbocycles. The molecule has 0 aliphatic carbocycles. The zero-order valence-electron chi connectivity index (χ0n) is 23.0. The van der Waals surface area contributed by atoms with Crippen LogP contribution in [0.15, 0.2) is 11.7 Å². The zero-order valence-corrected chi connectivity index (χ0v) is 27.3. The number of esters is 1. The van der Waals surface area contributed by atoms with E-state index in [0.717, 1.165) is 18.4 Å². The molecule has 3 aromatic rings. The molecule has 2 fully saturated rings. The maximum Gasteiger partial charge on any atom is 0.490 e. The second-order valence-electron chi connectivity index (χ2n) is 9.21. The van der Waals surface area contributed by atoms with Gasteiger partial charge in [-0.1, -0.05) is 12.2 Å². The average molecular weight is 759 g/mol. The number of hydrogen-bond donors (Lipinski definition) is 7. The van der Waals surface area contributed by atoms with Crippen LogP contribution in [0, 0.1) is 16.0 Å². The number of fused-ring (bicyclic) bond motifs is 2. The number of carbonyl (C=O) groups is 2. The Morgan fingerprint density at radius 1 is 1.19 bits per heavy atom. The lowest BCUT2D eigenvalue weighted by Gasteiger charge is -2.22. The summed E-state index contributed by atoms with van der Waals surface area (Å²) in [5.74, 6) is -1.93. The Kier molecular flexibility index (Phi) is 9.86. The molecule has 7 unspecified atom stereocenters. The van der Waals surface area contributed by atoms with Gasteiger partial charge in [-0.05, 0) is 0 Å². The third-order valence-electron chi connectivity index (χ3n) is 6.15. The minimum Gasteiger partial charge on any atom is -0.465 e. The number of imidazole rings is 1. The van der Waals surface area contributed by atoms with Crippen LogP contribution in [0.25, 0.3) is 11.2 Å². The number of phosphoric acid groups is 3. The number of ether oxygens (including phenoxy) is 4. The standard InChI is InChI=1S/C19H20N7O16P3S2/c1-36-17(28)12-8(6(2-20)4-47-12)23-14(27)18-39-10-7(3-37-44(32,33)42-45(34,35)41-43(29,30)31)38-16(11(10)40-18)26-5-22-9-13(26)24-19(21)25-15(9)46/h4-5,7,10-11,16,18H,3H2,1H3,(H,23,27)(H,32,33)(H,34,35)(H2,29,30,31)(H3,21,24,25,46). The van der Waals surface area contributed by atoms with E-state index in [1.807, 2.05) is 6.07 Å². The molecule has 0 spiro atoms. The molecule has 8 N–H and O–H groups in total. The Morgan fingerprint density at radius 2 is 1.89 bits per heavy atom. The number of rotatable bonds is 11. The summed E-state index contributed by atoms with van der Waals surface area (Å²) in [4.78, 5) is 73.0. The van der Waals surface area contributed by atoms with Crippen LogP contribution >= 0.6 is 47.0 Å². The van der Waals surface area contributed by atoms with Gasteiger partial charge in [0.05, 0.1) is 31.3 Å². The Morgan fingerprint density at radius 3 is 2.55 bits per heavy atom. The van der Waals surface area contributed by atoms with Gasteiger partial charge in [0.1, 0.15) is 40.4 Å². The van der Waals surface area contributed by atoms with Crippen molar-refractivity contribution in [1.29, 1.82) is 5.26 Å². The number of thiophene rings is 1. The van der Waals surface area contributed by atoms with E-state index in [1.165, 1.54) is 16.3 Å². The SMILES string of the molecule is COC(=O)c1scc(C#N)c1NC(=O)C1OC2C(COP(=O)(O)OP(=O)(O)OP(=O)(O)O)OC(n3cnc4c(=S)nc(N)[nH]c43)C2O1. The predicted octanol–water partition coefficient (Wildman–Crippen LogP) is 0.780. The number of anilines is 2. The molecule has 28 heteroatoms. The van der Waals surface area contributed by atoms with E-state index in [-0.39, 0.29) is 37.9 Å². The normalized spacial score (nSPS) is 25.1. The Balaban J connectivity index is 1.41. The Labute approximate surface area is 269 Å². The maximum atomic E-state index is 13.3. The highest BCUT2D eigenvalue weighted by Crippen LogP contribution is 2.66. The zero-order chi connectivity index (χ0) is 34.5. The third kappa shape index (κ3) is 7.68. The fourth-order valence-electron chi connectivity index (χ4n) is 4.42. The molecule has 2 aliphatic rings. The van der Waals surface area contributed by atoms with Crippen LogP contribution in [-0.2, 0) is 50.6 Å². The molecule has 3 aromatic heterocycles. The van der Waals surface area contributed by atoms with E-state index in [0.29, 0.717) is 0 Å². The average Bonchev–Trinajstić information content (AvgIpc) is 3.72. The van der Waals surface area contributed by atoms with Crippen molar-refractivity contribution in [2.45, 2.75) is 30.8 Å². The first-order valence-electron chi connectivity index (χ1n) is 12.3. The molecular formula is C19H20N7O16P3S2. The van der Waals surface area contributed by atoms with Crippen LogP contribution in [0.5, 0.6) is 0 Å². The topological polar surface area (TPSA) is 339 Å². The summed E-state index contributed by atoms with van der Waals surface area (Å²) in [7, 11) is -16.0. The van der Waals surface area contributed by atoms with Gasteiger partial charge >= 0.3 is 29.4 Å². The van der Waals surface area contributed by atoms with Gasteiger partial charge in [-0.15, -0.1) is 11.3 Å². The predicted molar refractivity (Wildman–Crippen MR) is 153 cm³/mol. The number of H-pyrrole nitrogens is 1. The van der Waals surface area contributed by atoms with E-state index >= 15 is 0 Å². The number of nitrogens with one attached hydrogen (secondary N) is 2. The molecular weight excluding hydrogens is 739 g/mol. The van der Waals surface area contributed by atoms with Crippen molar-refractivity contribution in [1.82, 2.24) is 19.5 Å². The smallest absolute Gasteiger partial charge is 0.465 e. The van der Waals surface area contributed by atoms with Gasteiger partial charge in [0.25, 0.3) is 5.91 Å². The summed E-state index contributed by atoms with van der Waals surface area (Å²) in [5.41, 5.74) is 5.90. The number of nitrogens with zero attached hydrogens (tertiary/aromatic N) is 4. The molecule has 5 heterocycles. The number of amides is 1.